The van der Waals surface area contributed by atoms with Gasteiger partial charge in [0, 0.05) is 17.2 Å². The van der Waals surface area contributed by atoms with Gasteiger partial charge in [0.25, 0.3) is 0 Å². The molecular weight excluding hydrogens is 290 g/mol. The van der Waals surface area contributed by atoms with Crippen molar-refractivity contribution in [2.24, 2.45) is 23.3 Å². The predicted octanol–water partition coefficient (Wildman–Crippen LogP) is 0.830. The molecule has 1 aromatic heterocycles. The van der Waals surface area contributed by atoms with Crippen molar-refractivity contribution in [3.63, 3.8) is 0 Å². The number of carbonyl (C=O) groups is 2. The second-order valence-corrected chi connectivity index (χ2v) is 6.11. The molecule has 0 spiro atoms. The Labute approximate surface area is 128 Å². The summed E-state index contributed by atoms with van der Waals surface area (Å²) >= 11 is 1.51. The first-order valence-corrected chi connectivity index (χ1v) is 7.98. The molecule has 1 rings (SSSR count). The van der Waals surface area contributed by atoms with Crippen molar-refractivity contribution in [2.45, 2.75) is 45.1 Å². The van der Waals surface area contributed by atoms with Crippen LogP contribution in [0.3, 0.4) is 0 Å². The van der Waals surface area contributed by atoms with E-state index in [1.807, 2.05) is 5.38 Å². The Balaban J connectivity index is 2.38. The van der Waals surface area contributed by atoms with Crippen LogP contribution in [0.2, 0.25) is 0 Å². The average Bonchev–Trinajstić information content (AvgIpc) is 2.93. The lowest BCUT2D eigenvalue weighted by Crippen LogP contribution is -2.29. The van der Waals surface area contributed by atoms with Gasteiger partial charge in [-0.2, -0.15) is 0 Å². The number of nitrogens with two attached hydrogens (primary N) is 2. The van der Waals surface area contributed by atoms with E-state index in [1.54, 1.807) is 12.4 Å². The zero-order chi connectivity index (χ0) is 15.8. The number of thiazole rings is 1. The first-order chi connectivity index (χ1) is 9.90. The van der Waals surface area contributed by atoms with Crippen LogP contribution < -0.4 is 11.5 Å². The van der Waals surface area contributed by atoms with Crippen LogP contribution in [-0.4, -0.2) is 28.0 Å². The van der Waals surface area contributed by atoms with Gasteiger partial charge in [0.2, 0.25) is 11.8 Å². The zero-order valence-electron chi connectivity index (χ0n) is 12.2. The summed E-state index contributed by atoms with van der Waals surface area (Å²) in [6.07, 6.45) is 1.89. The molecule has 0 saturated carbocycles. The van der Waals surface area contributed by atoms with Gasteiger partial charge in [0.1, 0.15) is 0 Å². The predicted molar refractivity (Wildman–Crippen MR) is 81.3 cm³/mol. The van der Waals surface area contributed by atoms with Gasteiger partial charge in [-0.25, -0.2) is 4.98 Å². The summed E-state index contributed by atoms with van der Waals surface area (Å²) < 4.78 is 0. The molecule has 3 atom stereocenters. The van der Waals surface area contributed by atoms with E-state index in [0.29, 0.717) is 32.1 Å². The van der Waals surface area contributed by atoms with Crippen molar-refractivity contribution in [1.82, 2.24) is 4.98 Å². The largest absolute Gasteiger partial charge is 0.393 e. The van der Waals surface area contributed by atoms with Gasteiger partial charge in [0.05, 0.1) is 17.3 Å². The van der Waals surface area contributed by atoms with Gasteiger partial charge >= 0.3 is 0 Å². The van der Waals surface area contributed by atoms with Gasteiger partial charge in [-0.05, 0) is 32.1 Å². The average molecular weight is 313 g/mol. The van der Waals surface area contributed by atoms with Crippen LogP contribution in [0.4, 0.5) is 0 Å². The molecule has 0 saturated heterocycles. The maximum absolute atomic E-state index is 11.4. The summed E-state index contributed by atoms with van der Waals surface area (Å²) in [5, 5.41) is 12.0. The first kappa shape index (κ1) is 17.6. The molecule has 6 nitrogen and oxygen atoms in total. The monoisotopic (exact) mass is 313 g/mol. The van der Waals surface area contributed by atoms with Crippen LogP contribution >= 0.6 is 11.3 Å². The van der Waals surface area contributed by atoms with E-state index in [9.17, 15) is 14.7 Å². The quantitative estimate of drug-likeness (QED) is 0.592. The van der Waals surface area contributed by atoms with E-state index in [0.717, 1.165) is 5.69 Å². The molecule has 0 fully saturated rings. The number of aliphatic hydroxyl groups is 1. The molecule has 0 aliphatic rings. The van der Waals surface area contributed by atoms with Gasteiger partial charge in [0.15, 0.2) is 0 Å². The molecule has 1 heterocycles. The number of aromatic nitrogens is 1. The van der Waals surface area contributed by atoms with Crippen molar-refractivity contribution in [1.29, 1.82) is 0 Å². The first-order valence-electron chi connectivity index (χ1n) is 7.04. The van der Waals surface area contributed by atoms with Crippen molar-refractivity contribution in [3.8, 4) is 0 Å². The van der Waals surface area contributed by atoms with Crippen LogP contribution in [0, 0.1) is 11.8 Å². The number of aryl methyl sites for hydroxylation is 1. The number of rotatable bonds is 10. The van der Waals surface area contributed by atoms with E-state index >= 15 is 0 Å². The third-order valence-corrected chi connectivity index (χ3v) is 4.25. The Morgan fingerprint density at radius 3 is 2.52 bits per heavy atom. The summed E-state index contributed by atoms with van der Waals surface area (Å²) in [4.78, 5) is 26.6. The number of nitrogens with zero attached hydrogens (tertiary/aromatic N) is 1. The molecule has 0 radical (unpaired) electrons. The van der Waals surface area contributed by atoms with Crippen molar-refractivity contribution < 1.29 is 14.7 Å². The summed E-state index contributed by atoms with van der Waals surface area (Å²) in [5.74, 6) is -1.56. The second kappa shape index (κ2) is 8.74. The highest BCUT2D eigenvalue weighted by Crippen LogP contribution is 2.19. The molecule has 1 aromatic rings. The highest BCUT2D eigenvalue weighted by molar-refractivity contribution is 7.07. The summed E-state index contributed by atoms with van der Waals surface area (Å²) in [6, 6.07) is 0. The standard InChI is InChI=1S/C14H23N3O3S/c1-9(13(15)19)2-3-10(14(16)20)6-12(18)5-4-11-7-21-8-17-11/h7-10,12,18H,2-6H2,1H3,(H2,15,19)(H2,16,20)/t9?,10-,12+/m1/s1. The van der Waals surface area contributed by atoms with Crippen molar-refractivity contribution in [2.75, 3.05) is 0 Å². The fourth-order valence-corrected chi connectivity index (χ4v) is 2.68. The molecule has 7 heteroatoms. The molecule has 118 valence electrons. The molecule has 0 aromatic carbocycles. The Hall–Kier alpha value is -1.47. The minimum Gasteiger partial charge on any atom is -0.393 e. The molecule has 21 heavy (non-hydrogen) atoms. The van der Waals surface area contributed by atoms with Crippen LogP contribution in [0.1, 0.15) is 38.3 Å². The Kier molecular flexibility index (Phi) is 7.31. The zero-order valence-corrected chi connectivity index (χ0v) is 13.0. The number of amides is 2. The number of primary amides is 2. The number of hydrogen-bond acceptors (Lipinski definition) is 5. The lowest BCUT2D eigenvalue weighted by atomic mass is 9.90. The molecule has 1 unspecified atom stereocenters. The second-order valence-electron chi connectivity index (χ2n) is 5.39. The molecule has 5 N–H and O–H groups in total. The van der Waals surface area contributed by atoms with Gasteiger partial charge in [-0.3, -0.25) is 9.59 Å². The lowest BCUT2D eigenvalue weighted by molar-refractivity contribution is -0.125. The maximum Gasteiger partial charge on any atom is 0.220 e. The van der Waals surface area contributed by atoms with Gasteiger partial charge < -0.3 is 16.6 Å². The van der Waals surface area contributed by atoms with E-state index in [-0.39, 0.29) is 11.8 Å². The third-order valence-electron chi connectivity index (χ3n) is 3.61. The van der Waals surface area contributed by atoms with Gasteiger partial charge in [-0.15, -0.1) is 11.3 Å². The number of aliphatic hydroxyl groups excluding tert-OH is 1. The smallest absolute Gasteiger partial charge is 0.220 e. The van der Waals surface area contributed by atoms with E-state index in [4.69, 9.17) is 11.5 Å². The fraction of sp³-hybridized carbons (Fsp3) is 0.643. The van der Waals surface area contributed by atoms with Crippen LogP contribution in [0.15, 0.2) is 10.9 Å². The molecule has 0 aliphatic carbocycles. The van der Waals surface area contributed by atoms with E-state index in [2.05, 4.69) is 4.98 Å². The topological polar surface area (TPSA) is 119 Å². The maximum atomic E-state index is 11.4. The number of carbonyl (C=O) groups excluding carboxylic acids is 2. The minimum atomic E-state index is -0.604. The highest BCUT2D eigenvalue weighted by atomic mass is 32.1. The van der Waals surface area contributed by atoms with Gasteiger partial charge in [-0.1, -0.05) is 6.92 Å². The summed E-state index contributed by atoms with van der Waals surface area (Å²) in [6.45, 7) is 1.72. The van der Waals surface area contributed by atoms with Crippen molar-refractivity contribution >= 4 is 23.2 Å². The van der Waals surface area contributed by atoms with E-state index < -0.39 is 17.9 Å². The summed E-state index contributed by atoms with van der Waals surface area (Å²) in [5.41, 5.74) is 13.2. The Morgan fingerprint density at radius 2 is 2.00 bits per heavy atom. The normalized spacial score (nSPS) is 15.3. The van der Waals surface area contributed by atoms with Crippen LogP contribution in [-0.2, 0) is 16.0 Å². The van der Waals surface area contributed by atoms with Crippen LogP contribution in [0.5, 0.6) is 0 Å². The Morgan fingerprint density at radius 1 is 1.29 bits per heavy atom. The fourth-order valence-electron chi connectivity index (χ4n) is 2.09. The lowest BCUT2D eigenvalue weighted by Gasteiger charge is -2.18. The van der Waals surface area contributed by atoms with E-state index in [1.165, 1.54) is 11.3 Å². The third kappa shape index (κ3) is 6.68. The SMILES string of the molecule is CC(CC[C@H](C[C@@H](O)CCc1cscn1)C(N)=O)C(N)=O. The summed E-state index contributed by atoms with van der Waals surface area (Å²) in [7, 11) is 0. The Bertz CT molecular complexity index is 450. The van der Waals surface area contributed by atoms with Crippen molar-refractivity contribution in [3.05, 3.63) is 16.6 Å². The minimum absolute atomic E-state index is 0.293. The molecule has 2 amide bonds. The highest BCUT2D eigenvalue weighted by Gasteiger charge is 2.21. The van der Waals surface area contributed by atoms with Crippen LogP contribution in [0.25, 0.3) is 0 Å². The molecular formula is C14H23N3O3S. The molecule has 0 bridgehead atoms. The molecule has 0 aliphatic heterocycles. The number of hydrogen-bond donors (Lipinski definition) is 3.